The Morgan fingerprint density at radius 2 is 1.83 bits per heavy atom. The number of carbonyl (C=O) groups excluding carboxylic acids is 1. The van der Waals surface area contributed by atoms with Gasteiger partial charge in [0.1, 0.15) is 4.88 Å². The zero-order chi connectivity index (χ0) is 17.3. The van der Waals surface area contributed by atoms with E-state index in [1.807, 2.05) is 52.2 Å². The molecule has 0 aliphatic heterocycles. The fourth-order valence-electron chi connectivity index (χ4n) is 2.41. The van der Waals surface area contributed by atoms with Gasteiger partial charge in [-0.2, -0.15) is 0 Å². The van der Waals surface area contributed by atoms with Gasteiger partial charge in [-0.05, 0) is 40.1 Å². The van der Waals surface area contributed by atoms with Gasteiger partial charge in [0.25, 0.3) is 5.91 Å². The van der Waals surface area contributed by atoms with Crippen molar-refractivity contribution in [2.75, 3.05) is 32.1 Å². The van der Waals surface area contributed by atoms with Gasteiger partial charge in [0.05, 0.1) is 20.9 Å². The molecule has 0 unspecified atom stereocenters. The summed E-state index contributed by atoms with van der Waals surface area (Å²) in [5.41, 5.74) is 1.72. The van der Waals surface area contributed by atoms with Crippen molar-refractivity contribution in [3.63, 3.8) is 0 Å². The van der Waals surface area contributed by atoms with Crippen LogP contribution in [0, 0.1) is 13.8 Å². The fourth-order valence-corrected chi connectivity index (χ4v) is 4.27. The van der Waals surface area contributed by atoms with Gasteiger partial charge in [0, 0.05) is 13.1 Å². The van der Waals surface area contributed by atoms with Gasteiger partial charge in [0.15, 0.2) is 5.13 Å². The topological polar surface area (TPSA) is 49.3 Å². The smallest absolute Gasteiger partial charge is 0.272 e. The highest BCUT2D eigenvalue weighted by Gasteiger charge is 2.24. The highest BCUT2D eigenvalue weighted by molar-refractivity contribution is 7.22. The number of hydrogen-bond acceptors (Lipinski definition) is 6. The maximum atomic E-state index is 13.1. The number of hydrogen-bond donors (Lipinski definition) is 0. The van der Waals surface area contributed by atoms with Crippen LogP contribution in [0.4, 0.5) is 5.13 Å². The second kappa shape index (κ2) is 6.96. The number of fused-ring (bicyclic) bond motifs is 1. The maximum Gasteiger partial charge on any atom is 0.272 e. The summed E-state index contributed by atoms with van der Waals surface area (Å²) in [4.78, 5) is 26.7. The van der Waals surface area contributed by atoms with Crippen molar-refractivity contribution in [2.45, 2.75) is 13.8 Å². The van der Waals surface area contributed by atoms with Crippen molar-refractivity contribution in [1.82, 2.24) is 14.9 Å². The number of para-hydroxylation sites is 1. The van der Waals surface area contributed by atoms with Crippen LogP contribution in [0.25, 0.3) is 10.2 Å². The Labute approximate surface area is 149 Å². The third-order valence-electron chi connectivity index (χ3n) is 3.63. The van der Waals surface area contributed by atoms with E-state index in [9.17, 15) is 4.79 Å². The molecule has 0 radical (unpaired) electrons. The molecular formula is C17H20N4OS2. The van der Waals surface area contributed by atoms with Crippen LogP contribution in [-0.2, 0) is 0 Å². The van der Waals surface area contributed by atoms with E-state index in [2.05, 4.69) is 14.9 Å². The summed E-state index contributed by atoms with van der Waals surface area (Å²) in [7, 11) is 4.01. The van der Waals surface area contributed by atoms with E-state index in [1.54, 1.807) is 16.2 Å². The third-order valence-corrected chi connectivity index (χ3v) is 5.75. The van der Waals surface area contributed by atoms with Gasteiger partial charge in [0.2, 0.25) is 0 Å². The number of aromatic nitrogens is 2. The first-order valence-corrected chi connectivity index (χ1v) is 9.35. The minimum Gasteiger partial charge on any atom is -0.308 e. The average molecular weight is 361 g/mol. The second-order valence-corrected chi connectivity index (χ2v) is 8.08. The summed E-state index contributed by atoms with van der Waals surface area (Å²) >= 11 is 3.00. The molecule has 0 atom stereocenters. The normalized spacial score (nSPS) is 11.4. The van der Waals surface area contributed by atoms with Crippen LogP contribution in [0.15, 0.2) is 24.3 Å². The van der Waals surface area contributed by atoms with Crippen molar-refractivity contribution in [1.29, 1.82) is 0 Å². The second-order valence-electron chi connectivity index (χ2n) is 5.87. The number of likely N-dealkylation sites (N-methyl/N-ethyl adjacent to an activating group) is 1. The quantitative estimate of drug-likeness (QED) is 0.698. The number of anilines is 1. The van der Waals surface area contributed by atoms with Crippen LogP contribution in [0.2, 0.25) is 0 Å². The standard InChI is InChI=1S/C17H20N4OS2/c1-11-15(23-12(2)18-11)16(22)21(10-9-20(3)4)17-19-13-7-5-6-8-14(13)24-17/h5-8H,9-10H2,1-4H3. The third kappa shape index (κ3) is 3.48. The van der Waals surface area contributed by atoms with Gasteiger partial charge >= 0.3 is 0 Å². The number of nitrogens with zero attached hydrogens (tertiary/aromatic N) is 4. The molecule has 1 aromatic carbocycles. The molecule has 3 aromatic rings. The average Bonchev–Trinajstić information content (AvgIpc) is 3.09. The van der Waals surface area contributed by atoms with Gasteiger partial charge < -0.3 is 4.90 Å². The number of aryl methyl sites for hydroxylation is 2. The maximum absolute atomic E-state index is 13.1. The van der Waals surface area contributed by atoms with Gasteiger partial charge in [-0.25, -0.2) is 9.97 Å². The zero-order valence-electron chi connectivity index (χ0n) is 14.2. The largest absolute Gasteiger partial charge is 0.308 e. The minimum absolute atomic E-state index is 0.0148. The summed E-state index contributed by atoms with van der Waals surface area (Å²) in [5.74, 6) is -0.0148. The van der Waals surface area contributed by atoms with Crippen molar-refractivity contribution in [2.24, 2.45) is 0 Å². The highest BCUT2D eigenvalue weighted by Crippen LogP contribution is 2.30. The zero-order valence-corrected chi connectivity index (χ0v) is 15.9. The molecule has 0 N–H and O–H groups in total. The van der Waals surface area contributed by atoms with Crippen LogP contribution in [0.5, 0.6) is 0 Å². The van der Waals surface area contributed by atoms with Gasteiger partial charge in [-0.15, -0.1) is 11.3 Å². The SMILES string of the molecule is Cc1nc(C)c(C(=O)N(CCN(C)C)c2nc3ccccc3s2)s1. The van der Waals surface area contributed by atoms with Gasteiger partial charge in [-0.1, -0.05) is 23.5 Å². The van der Waals surface area contributed by atoms with E-state index in [-0.39, 0.29) is 5.91 Å². The first-order chi connectivity index (χ1) is 11.5. The number of benzene rings is 1. The molecule has 126 valence electrons. The van der Waals surface area contributed by atoms with Crippen LogP contribution < -0.4 is 4.90 Å². The number of rotatable bonds is 5. The number of carbonyl (C=O) groups is 1. The first-order valence-electron chi connectivity index (χ1n) is 7.72. The Morgan fingerprint density at radius 1 is 1.08 bits per heavy atom. The molecule has 0 fully saturated rings. The summed E-state index contributed by atoms with van der Waals surface area (Å²) in [6, 6.07) is 7.97. The Balaban J connectivity index is 1.99. The Kier molecular flexibility index (Phi) is 4.93. The van der Waals surface area contributed by atoms with Crippen LogP contribution in [0.1, 0.15) is 20.4 Å². The molecule has 24 heavy (non-hydrogen) atoms. The summed E-state index contributed by atoms with van der Waals surface area (Å²) in [6.45, 7) is 5.19. The first kappa shape index (κ1) is 17.0. The van der Waals surface area contributed by atoms with E-state index in [0.717, 1.165) is 32.6 Å². The lowest BCUT2D eigenvalue weighted by Gasteiger charge is -2.21. The number of amides is 1. The molecule has 2 heterocycles. The van der Waals surface area contributed by atoms with E-state index in [0.29, 0.717) is 11.4 Å². The van der Waals surface area contributed by atoms with Crippen molar-refractivity contribution >= 4 is 43.9 Å². The van der Waals surface area contributed by atoms with Crippen LogP contribution in [-0.4, -0.2) is 48.0 Å². The molecule has 0 saturated heterocycles. The Bertz CT molecular complexity index is 835. The Morgan fingerprint density at radius 3 is 2.46 bits per heavy atom. The van der Waals surface area contributed by atoms with Crippen molar-refractivity contribution in [3.05, 3.63) is 39.8 Å². The molecule has 0 saturated carbocycles. The predicted molar refractivity (Wildman–Crippen MR) is 101 cm³/mol. The van der Waals surface area contributed by atoms with E-state index >= 15 is 0 Å². The molecule has 1 amide bonds. The lowest BCUT2D eigenvalue weighted by atomic mass is 10.3. The predicted octanol–water partition coefficient (Wildman–Crippen LogP) is 3.58. The highest BCUT2D eigenvalue weighted by atomic mass is 32.1. The lowest BCUT2D eigenvalue weighted by molar-refractivity contribution is 0.0988. The van der Waals surface area contributed by atoms with Crippen molar-refractivity contribution < 1.29 is 4.79 Å². The summed E-state index contributed by atoms with van der Waals surface area (Å²) in [5, 5.41) is 1.65. The lowest BCUT2D eigenvalue weighted by Crippen LogP contribution is -2.36. The molecule has 3 rings (SSSR count). The van der Waals surface area contributed by atoms with E-state index in [4.69, 9.17) is 0 Å². The Hall–Kier alpha value is -1.83. The molecule has 0 aliphatic rings. The summed E-state index contributed by atoms with van der Waals surface area (Å²) < 4.78 is 1.09. The fraction of sp³-hybridized carbons (Fsp3) is 0.353. The molecule has 0 bridgehead atoms. The van der Waals surface area contributed by atoms with Gasteiger partial charge in [-0.3, -0.25) is 9.69 Å². The molecule has 2 aromatic heterocycles. The minimum atomic E-state index is -0.0148. The summed E-state index contributed by atoms with van der Waals surface area (Å²) in [6.07, 6.45) is 0. The van der Waals surface area contributed by atoms with E-state index < -0.39 is 0 Å². The van der Waals surface area contributed by atoms with Crippen molar-refractivity contribution in [3.8, 4) is 0 Å². The molecule has 5 nitrogen and oxygen atoms in total. The molecule has 7 heteroatoms. The van der Waals surface area contributed by atoms with Crippen LogP contribution in [0.3, 0.4) is 0 Å². The monoisotopic (exact) mass is 360 g/mol. The van der Waals surface area contributed by atoms with E-state index in [1.165, 1.54) is 11.3 Å². The molecule has 0 spiro atoms. The molecular weight excluding hydrogens is 340 g/mol. The van der Waals surface area contributed by atoms with Crippen LogP contribution >= 0.6 is 22.7 Å². The number of thiazole rings is 2. The molecule has 0 aliphatic carbocycles.